The van der Waals surface area contributed by atoms with Crippen molar-refractivity contribution in [3.8, 4) is 5.75 Å². The van der Waals surface area contributed by atoms with Crippen LogP contribution in [0, 0.1) is 0 Å². The van der Waals surface area contributed by atoms with Crippen LogP contribution in [0.5, 0.6) is 5.75 Å². The Morgan fingerprint density at radius 2 is 2.06 bits per heavy atom. The van der Waals surface area contributed by atoms with Crippen molar-refractivity contribution in [3.63, 3.8) is 0 Å². The zero-order valence-electron chi connectivity index (χ0n) is 9.51. The van der Waals surface area contributed by atoms with E-state index in [2.05, 4.69) is 9.99 Å². The second-order valence-electron chi connectivity index (χ2n) is 3.22. The lowest BCUT2D eigenvalue weighted by atomic mass is 10.2. The van der Waals surface area contributed by atoms with Crippen LogP contribution in [0.4, 0.5) is 0 Å². The van der Waals surface area contributed by atoms with E-state index in [0.717, 1.165) is 5.56 Å². The molecule has 0 amide bonds. The molecule has 16 heavy (non-hydrogen) atoms. The Morgan fingerprint density at radius 1 is 1.38 bits per heavy atom. The quantitative estimate of drug-likeness (QED) is 0.457. The smallest absolute Gasteiger partial charge is 0.264 e. The fourth-order valence-electron chi connectivity index (χ4n) is 0.975. The first-order valence-corrected chi connectivity index (χ1v) is 5.10. The molecule has 0 radical (unpaired) electrons. The van der Waals surface area contributed by atoms with Crippen LogP contribution in [-0.2, 0) is 4.84 Å². The Hall–Kier alpha value is -1.62. The second kappa shape index (κ2) is 6.07. The number of hydrogen-bond donors (Lipinski definition) is 0. The molecule has 86 valence electrons. The third-order valence-electron chi connectivity index (χ3n) is 1.78. The first-order valence-electron chi connectivity index (χ1n) is 4.70. The van der Waals surface area contributed by atoms with Gasteiger partial charge in [0.1, 0.15) is 12.9 Å². The molecular formula is C11H14N2O2S. The predicted molar refractivity (Wildman–Crippen MR) is 68.0 cm³/mol. The molecule has 1 aromatic rings. The fourth-order valence-corrected chi connectivity index (χ4v) is 1.06. The van der Waals surface area contributed by atoms with Crippen molar-refractivity contribution in [2.75, 3.05) is 21.2 Å². The van der Waals surface area contributed by atoms with Gasteiger partial charge >= 0.3 is 0 Å². The Labute approximate surface area is 100 Å². The van der Waals surface area contributed by atoms with Gasteiger partial charge in [-0.1, -0.05) is 17.3 Å². The van der Waals surface area contributed by atoms with Crippen molar-refractivity contribution in [2.24, 2.45) is 5.16 Å². The number of benzene rings is 1. The summed E-state index contributed by atoms with van der Waals surface area (Å²) in [6.07, 6.45) is 1.58. The van der Waals surface area contributed by atoms with Gasteiger partial charge in [0.05, 0.1) is 6.21 Å². The Balaban J connectivity index is 2.86. The summed E-state index contributed by atoms with van der Waals surface area (Å²) in [6, 6.07) is 7.46. The van der Waals surface area contributed by atoms with Gasteiger partial charge in [-0.05, 0) is 24.4 Å². The van der Waals surface area contributed by atoms with Crippen molar-refractivity contribution in [1.29, 1.82) is 0 Å². The molecule has 4 nitrogen and oxygen atoms in total. The minimum absolute atomic E-state index is 0.401. The van der Waals surface area contributed by atoms with Crippen LogP contribution in [0.25, 0.3) is 0 Å². The third kappa shape index (κ3) is 3.51. The van der Waals surface area contributed by atoms with Crippen molar-refractivity contribution in [3.05, 3.63) is 29.8 Å². The summed E-state index contributed by atoms with van der Waals surface area (Å²) >= 11 is 5.06. The molecule has 5 heteroatoms. The molecule has 0 aromatic heterocycles. The van der Waals surface area contributed by atoms with Gasteiger partial charge in [-0.25, -0.2) is 0 Å². The molecule has 0 saturated carbocycles. The van der Waals surface area contributed by atoms with Crippen molar-refractivity contribution < 1.29 is 9.57 Å². The zero-order chi connectivity index (χ0) is 12.0. The Bertz CT molecular complexity index is 391. The lowest BCUT2D eigenvalue weighted by Crippen LogP contribution is -2.25. The van der Waals surface area contributed by atoms with Gasteiger partial charge in [0.2, 0.25) is 0 Å². The molecule has 0 atom stereocenters. The molecule has 1 rings (SSSR count). The van der Waals surface area contributed by atoms with Crippen LogP contribution < -0.4 is 4.74 Å². The molecule has 1 aromatic carbocycles. The highest BCUT2D eigenvalue weighted by atomic mass is 32.1. The monoisotopic (exact) mass is 238 g/mol. The average molecular weight is 238 g/mol. The SMILES string of the molecule is CON=Cc1ccccc1OC(=S)N(C)C. The van der Waals surface area contributed by atoms with Gasteiger partial charge < -0.3 is 14.5 Å². The number of nitrogens with zero attached hydrogens (tertiary/aromatic N) is 2. The topological polar surface area (TPSA) is 34.1 Å². The highest BCUT2D eigenvalue weighted by Crippen LogP contribution is 2.16. The van der Waals surface area contributed by atoms with Gasteiger partial charge in [0.15, 0.2) is 0 Å². The van der Waals surface area contributed by atoms with Gasteiger partial charge in [-0.3, -0.25) is 0 Å². The maximum absolute atomic E-state index is 5.51. The highest BCUT2D eigenvalue weighted by molar-refractivity contribution is 7.80. The lowest BCUT2D eigenvalue weighted by Gasteiger charge is -2.15. The normalized spacial score (nSPS) is 10.2. The maximum atomic E-state index is 5.51. The predicted octanol–water partition coefficient (Wildman–Crippen LogP) is 1.89. The second-order valence-corrected chi connectivity index (χ2v) is 3.57. The molecule has 0 saturated heterocycles. The molecule has 0 spiro atoms. The number of thiocarbonyl (C=S) groups is 1. The van der Waals surface area contributed by atoms with Crippen LogP contribution in [0.1, 0.15) is 5.56 Å². The zero-order valence-corrected chi connectivity index (χ0v) is 10.3. The molecule has 0 fully saturated rings. The van der Waals surface area contributed by atoms with Crippen LogP contribution >= 0.6 is 12.2 Å². The summed E-state index contributed by atoms with van der Waals surface area (Å²) in [4.78, 5) is 6.35. The molecule has 0 aliphatic heterocycles. The fraction of sp³-hybridized carbons (Fsp3) is 0.273. The minimum Gasteiger partial charge on any atom is -0.431 e. The maximum Gasteiger partial charge on any atom is 0.264 e. The highest BCUT2D eigenvalue weighted by Gasteiger charge is 2.05. The van der Waals surface area contributed by atoms with Gasteiger partial charge in [0.25, 0.3) is 5.17 Å². The summed E-state index contributed by atoms with van der Waals surface area (Å²) in [5.74, 6) is 0.655. The van der Waals surface area contributed by atoms with E-state index < -0.39 is 0 Å². The summed E-state index contributed by atoms with van der Waals surface area (Å²) in [6.45, 7) is 0. The molecule has 0 N–H and O–H groups in total. The van der Waals surface area contributed by atoms with Crippen molar-refractivity contribution in [2.45, 2.75) is 0 Å². The van der Waals surface area contributed by atoms with Crippen molar-refractivity contribution >= 4 is 23.6 Å². The number of oxime groups is 1. The Morgan fingerprint density at radius 3 is 2.69 bits per heavy atom. The lowest BCUT2D eigenvalue weighted by molar-refractivity contribution is 0.215. The van der Waals surface area contributed by atoms with E-state index in [-0.39, 0.29) is 0 Å². The minimum atomic E-state index is 0.401. The van der Waals surface area contributed by atoms with Crippen LogP contribution in [0.3, 0.4) is 0 Å². The van der Waals surface area contributed by atoms with E-state index in [4.69, 9.17) is 17.0 Å². The van der Waals surface area contributed by atoms with E-state index in [0.29, 0.717) is 10.9 Å². The van der Waals surface area contributed by atoms with Crippen LogP contribution in [0.2, 0.25) is 0 Å². The number of rotatable bonds is 3. The number of ether oxygens (including phenoxy) is 1. The summed E-state index contributed by atoms with van der Waals surface area (Å²) in [5, 5.41) is 4.09. The molecule has 0 aliphatic rings. The standard InChI is InChI=1S/C11H14N2O2S/c1-13(2)11(16)15-10-7-5-4-6-9(10)8-12-14-3/h4-8H,1-3H3. The van der Waals surface area contributed by atoms with Crippen LogP contribution in [0.15, 0.2) is 29.4 Å². The first kappa shape index (κ1) is 12.4. The number of para-hydroxylation sites is 1. The Kier molecular flexibility index (Phi) is 4.72. The molecule has 0 bridgehead atoms. The van der Waals surface area contributed by atoms with Gasteiger partial charge in [-0.15, -0.1) is 0 Å². The van der Waals surface area contributed by atoms with Gasteiger partial charge in [0, 0.05) is 19.7 Å². The van der Waals surface area contributed by atoms with E-state index in [1.807, 2.05) is 38.4 Å². The van der Waals surface area contributed by atoms with E-state index in [1.165, 1.54) is 7.11 Å². The van der Waals surface area contributed by atoms with Crippen molar-refractivity contribution in [1.82, 2.24) is 4.90 Å². The molecule has 0 aliphatic carbocycles. The van der Waals surface area contributed by atoms with Gasteiger partial charge in [-0.2, -0.15) is 0 Å². The first-order chi connectivity index (χ1) is 7.65. The van der Waals surface area contributed by atoms with E-state index >= 15 is 0 Å². The summed E-state index contributed by atoms with van der Waals surface area (Å²) < 4.78 is 5.51. The summed E-state index contributed by atoms with van der Waals surface area (Å²) in [7, 11) is 5.15. The largest absolute Gasteiger partial charge is 0.431 e. The van der Waals surface area contributed by atoms with E-state index in [9.17, 15) is 0 Å². The number of hydrogen-bond acceptors (Lipinski definition) is 4. The van der Waals surface area contributed by atoms with E-state index in [1.54, 1.807) is 11.1 Å². The molecule has 0 heterocycles. The summed E-state index contributed by atoms with van der Waals surface area (Å²) in [5.41, 5.74) is 0.813. The molecular weight excluding hydrogens is 224 g/mol. The third-order valence-corrected chi connectivity index (χ3v) is 2.23. The molecule has 0 unspecified atom stereocenters. The van der Waals surface area contributed by atoms with Crippen LogP contribution in [-0.4, -0.2) is 37.5 Å². The average Bonchev–Trinajstić information content (AvgIpc) is 2.27.